The summed E-state index contributed by atoms with van der Waals surface area (Å²) in [6.07, 6.45) is 0.0538. The molecule has 2 aromatic carbocycles. The maximum absolute atomic E-state index is 12.3. The van der Waals surface area contributed by atoms with Gasteiger partial charge in [-0.1, -0.05) is 40.9 Å². The molecule has 2 amide bonds. The number of benzene rings is 2. The van der Waals surface area contributed by atoms with Crippen LogP contribution in [0, 0.1) is 12.8 Å². The summed E-state index contributed by atoms with van der Waals surface area (Å²) >= 11 is 11.8. The van der Waals surface area contributed by atoms with Gasteiger partial charge in [0.1, 0.15) is 0 Å². The Morgan fingerprint density at radius 3 is 2.43 bits per heavy atom. The van der Waals surface area contributed by atoms with Gasteiger partial charge in [-0.25, -0.2) is 0 Å². The van der Waals surface area contributed by atoms with E-state index in [2.05, 4.69) is 5.32 Å². The van der Waals surface area contributed by atoms with Crippen molar-refractivity contribution in [3.05, 3.63) is 58.1 Å². The third kappa shape index (κ3) is 5.03. The first-order chi connectivity index (χ1) is 13.3. The van der Waals surface area contributed by atoms with Crippen LogP contribution < -0.4 is 10.2 Å². The first-order valence-electron chi connectivity index (χ1n) is 8.61. The number of hydrogen-bond donors (Lipinski definition) is 1. The molecule has 6 nitrogen and oxygen atoms in total. The Balaban J connectivity index is 1.53. The number of aryl methyl sites for hydroxylation is 1. The molecule has 0 spiro atoms. The van der Waals surface area contributed by atoms with Gasteiger partial charge in [0.05, 0.1) is 5.92 Å². The smallest absolute Gasteiger partial charge is 0.311 e. The van der Waals surface area contributed by atoms with Crippen molar-refractivity contribution in [3.63, 3.8) is 0 Å². The monoisotopic (exact) mass is 420 g/mol. The Morgan fingerprint density at radius 1 is 1.14 bits per heavy atom. The van der Waals surface area contributed by atoms with E-state index in [1.165, 1.54) is 18.2 Å². The second-order valence-electron chi connectivity index (χ2n) is 6.55. The van der Waals surface area contributed by atoms with Crippen LogP contribution in [-0.4, -0.2) is 30.9 Å². The van der Waals surface area contributed by atoms with Gasteiger partial charge >= 0.3 is 5.97 Å². The van der Waals surface area contributed by atoms with Crippen molar-refractivity contribution in [1.29, 1.82) is 0 Å². The van der Waals surface area contributed by atoms with E-state index >= 15 is 0 Å². The Hall–Kier alpha value is -2.57. The Morgan fingerprint density at radius 2 is 1.79 bits per heavy atom. The van der Waals surface area contributed by atoms with Crippen molar-refractivity contribution < 1.29 is 19.1 Å². The number of nitrogens with zero attached hydrogens (tertiary/aromatic N) is 1. The summed E-state index contributed by atoms with van der Waals surface area (Å²) in [4.78, 5) is 38.0. The standard InChI is InChI=1S/C20H18Cl2N2O4/c1-12-2-4-17(5-3-12)24-10-13(6-19(24)26)20(27)28-11-18(25)23-16-8-14(21)7-15(22)9-16/h2-5,7-9,13H,6,10-11H2,1H3,(H,23,25)/t13-/m0/s1. The van der Waals surface area contributed by atoms with Gasteiger partial charge in [-0.3, -0.25) is 14.4 Å². The van der Waals surface area contributed by atoms with Crippen LogP contribution in [0.3, 0.4) is 0 Å². The van der Waals surface area contributed by atoms with Crippen LogP contribution in [0.2, 0.25) is 10.0 Å². The number of carbonyl (C=O) groups is 3. The Labute approximate surface area is 172 Å². The Kier molecular flexibility index (Phi) is 6.21. The zero-order valence-electron chi connectivity index (χ0n) is 15.1. The Bertz CT molecular complexity index is 895. The molecule has 0 bridgehead atoms. The van der Waals surface area contributed by atoms with Gasteiger partial charge in [0.15, 0.2) is 6.61 Å². The number of amides is 2. The molecule has 1 aliphatic rings. The molecule has 28 heavy (non-hydrogen) atoms. The molecule has 1 saturated heterocycles. The van der Waals surface area contributed by atoms with E-state index in [0.29, 0.717) is 15.7 Å². The van der Waals surface area contributed by atoms with Crippen LogP contribution in [0.25, 0.3) is 0 Å². The van der Waals surface area contributed by atoms with Gasteiger partial charge in [-0.2, -0.15) is 0 Å². The molecule has 1 aliphatic heterocycles. The van der Waals surface area contributed by atoms with Gasteiger partial charge in [0.25, 0.3) is 5.91 Å². The molecular weight excluding hydrogens is 403 g/mol. The molecule has 1 fully saturated rings. The molecule has 1 heterocycles. The number of nitrogens with one attached hydrogen (secondary N) is 1. The van der Waals surface area contributed by atoms with Crippen LogP contribution in [0.4, 0.5) is 11.4 Å². The topological polar surface area (TPSA) is 75.7 Å². The van der Waals surface area contributed by atoms with Gasteiger partial charge in [0, 0.05) is 34.4 Å². The molecule has 1 atom stereocenters. The van der Waals surface area contributed by atoms with Crippen LogP contribution in [-0.2, 0) is 19.1 Å². The van der Waals surface area contributed by atoms with Crippen molar-refractivity contribution in [3.8, 4) is 0 Å². The molecule has 0 aliphatic carbocycles. The molecule has 1 N–H and O–H groups in total. The number of rotatable bonds is 5. The number of hydrogen-bond acceptors (Lipinski definition) is 4. The lowest BCUT2D eigenvalue weighted by molar-refractivity contribution is -0.151. The van der Waals surface area contributed by atoms with Crippen molar-refractivity contribution in [2.24, 2.45) is 5.92 Å². The average molecular weight is 421 g/mol. The van der Waals surface area contributed by atoms with E-state index in [-0.39, 0.29) is 18.9 Å². The zero-order valence-corrected chi connectivity index (χ0v) is 16.6. The van der Waals surface area contributed by atoms with Crippen molar-refractivity contribution in [2.45, 2.75) is 13.3 Å². The summed E-state index contributed by atoms with van der Waals surface area (Å²) in [6.45, 7) is 1.72. The molecule has 8 heteroatoms. The first-order valence-corrected chi connectivity index (χ1v) is 9.37. The summed E-state index contributed by atoms with van der Waals surface area (Å²) in [5.41, 5.74) is 2.22. The van der Waals surface area contributed by atoms with Gasteiger partial charge in [-0.05, 0) is 37.3 Å². The van der Waals surface area contributed by atoms with Gasteiger partial charge in [-0.15, -0.1) is 0 Å². The van der Waals surface area contributed by atoms with Crippen LogP contribution >= 0.6 is 23.2 Å². The zero-order chi connectivity index (χ0) is 20.3. The molecule has 0 saturated carbocycles. The van der Waals surface area contributed by atoms with E-state index in [4.69, 9.17) is 27.9 Å². The van der Waals surface area contributed by atoms with Crippen LogP contribution in [0.15, 0.2) is 42.5 Å². The minimum Gasteiger partial charge on any atom is -0.455 e. The summed E-state index contributed by atoms with van der Waals surface area (Å²) in [7, 11) is 0. The van der Waals surface area contributed by atoms with Crippen LogP contribution in [0.5, 0.6) is 0 Å². The molecule has 2 aromatic rings. The second kappa shape index (κ2) is 8.63. The molecule has 3 rings (SSSR count). The van der Waals surface area contributed by atoms with E-state index in [1.54, 1.807) is 4.90 Å². The summed E-state index contributed by atoms with van der Waals surface area (Å²) in [6, 6.07) is 12.1. The summed E-state index contributed by atoms with van der Waals surface area (Å²) in [5, 5.41) is 3.31. The largest absolute Gasteiger partial charge is 0.455 e. The van der Waals surface area contributed by atoms with Crippen molar-refractivity contribution in [1.82, 2.24) is 0 Å². The fourth-order valence-corrected chi connectivity index (χ4v) is 3.44. The van der Waals surface area contributed by atoms with E-state index in [9.17, 15) is 14.4 Å². The highest BCUT2D eigenvalue weighted by atomic mass is 35.5. The number of anilines is 2. The minimum absolute atomic E-state index is 0.0538. The number of halogens is 2. The van der Waals surface area contributed by atoms with Crippen molar-refractivity contribution >= 4 is 52.4 Å². The first kappa shape index (κ1) is 20.2. The molecule has 0 radical (unpaired) electrons. The normalized spacial score (nSPS) is 16.2. The highest BCUT2D eigenvalue weighted by Gasteiger charge is 2.36. The highest BCUT2D eigenvalue weighted by Crippen LogP contribution is 2.26. The fourth-order valence-electron chi connectivity index (χ4n) is 2.92. The SMILES string of the molecule is Cc1ccc(N2C[C@@H](C(=O)OCC(=O)Nc3cc(Cl)cc(Cl)c3)CC2=O)cc1. The van der Waals surface area contributed by atoms with Crippen LogP contribution in [0.1, 0.15) is 12.0 Å². The molecule has 146 valence electrons. The minimum atomic E-state index is -0.609. The van der Waals surface area contributed by atoms with E-state index in [1.807, 2.05) is 31.2 Å². The second-order valence-corrected chi connectivity index (χ2v) is 7.43. The number of carbonyl (C=O) groups excluding carboxylic acids is 3. The van der Waals surface area contributed by atoms with Crippen molar-refractivity contribution in [2.75, 3.05) is 23.4 Å². The fraction of sp³-hybridized carbons (Fsp3) is 0.250. The predicted octanol–water partition coefficient (Wildman–Crippen LogP) is 3.84. The maximum Gasteiger partial charge on any atom is 0.311 e. The quantitative estimate of drug-likeness (QED) is 0.745. The van der Waals surface area contributed by atoms with Gasteiger partial charge < -0.3 is 15.0 Å². The van der Waals surface area contributed by atoms with E-state index < -0.39 is 24.4 Å². The number of ether oxygens (including phenoxy) is 1. The lowest BCUT2D eigenvalue weighted by atomic mass is 10.1. The average Bonchev–Trinajstić information content (AvgIpc) is 3.01. The third-order valence-corrected chi connectivity index (χ3v) is 4.73. The predicted molar refractivity (Wildman–Crippen MR) is 108 cm³/mol. The summed E-state index contributed by atoms with van der Waals surface area (Å²) < 4.78 is 5.08. The lowest BCUT2D eigenvalue weighted by Crippen LogP contribution is -2.28. The summed E-state index contributed by atoms with van der Waals surface area (Å²) in [5.74, 6) is -1.86. The number of esters is 1. The van der Waals surface area contributed by atoms with E-state index in [0.717, 1.165) is 11.3 Å². The maximum atomic E-state index is 12.3. The lowest BCUT2D eigenvalue weighted by Gasteiger charge is -2.16. The molecule has 0 aromatic heterocycles. The third-order valence-electron chi connectivity index (χ3n) is 4.30. The molecular formula is C20H18Cl2N2O4. The highest BCUT2D eigenvalue weighted by molar-refractivity contribution is 6.35. The van der Waals surface area contributed by atoms with Gasteiger partial charge in [0.2, 0.25) is 5.91 Å². The molecule has 0 unspecified atom stereocenters.